The number of anilines is 1. The van der Waals surface area contributed by atoms with Gasteiger partial charge in [0, 0.05) is 18.7 Å². The summed E-state index contributed by atoms with van der Waals surface area (Å²) in [4.78, 5) is 23.7. The minimum atomic E-state index is -1.23. The summed E-state index contributed by atoms with van der Waals surface area (Å²) >= 11 is 0. The van der Waals surface area contributed by atoms with E-state index in [1.807, 2.05) is 0 Å². The Morgan fingerprint density at radius 1 is 1.21 bits per heavy atom. The van der Waals surface area contributed by atoms with E-state index in [2.05, 4.69) is 10.6 Å². The highest BCUT2D eigenvalue weighted by Gasteiger charge is 2.25. The van der Waals surface area contributed by atoms with Crippen LogP contribution in [0, 0.1) is 0 Å². The third-order valence-electron chi connectivity index (χ3n) is 3.32. The molecule has 1 aromatic heterocycles. The highest BCUT2D eigenvalue weighted by atomic mass is 16.5. The number of methoxy groups -OCH3 is 1. The first-order chi connectivity index (χ1) is 11.4. The highest BCUT2D eigenvalue weighted by Crippen LogP contribution is 2.15. The summed E-state index contributed by atoms with van der Waals surface area (Å²) in [6.45, 7) is 1.47. The summed E-state index contributed by atoms with van der Waals surface area (Å²) in [7, 11) is 1.54. The Morgan fingerprint density at radius 3 is 2.50 bits per heavy atom. The number of benzene rings is 1. The standard InChI is InChI=1S/C17H20N2O5/c1-17(22,10-14-4-3-9-24-14)11-18-15(20)16(21)19-12-5-7-13(23-2)8-6-12/h3-9,22H,10-11H2,1-2H3,(H,18,20)(H,19,21). The average Bonchev–Trinajstić information content (AvgIpc) is 3.05. The van der Waals surface area contributed by atoms with E-state index >= 15 is 0 Å². The Labute approximate surface area is 139 Å². The van der Waals surface area contributed by atoms with Crippen molar-refractivity contribution < 1.29 is 23.8 Å². The molecule has 24 heavy (non-hydrogen) atoms. The summed E-state index contributed by atoms with van der Waals surface area (Å²) in [6.07, 6.45) is 1.73. The zero-order valence-electron chi connectivity index (χ0n) is 13.5. The maximum atomic E-state index is 11.8. The van der Waals surface area contributed by atoms with Gasteiger partial charge in [-0.3, -0.25) is 9.59 Å². The molecule has 2 amide bonds. The highest BCUT2D eigenvalue weighted by molar-refractivity contribution is 6.39. The van der Waals surface area contributed by atoms with Crippen molar-refractivity contribution in [2.75, 3.05) is 19.0 Å². The van der Waals surface area contributed by atoms with E-state index in [1.54, 1.807) is 43.3 Å². The zero-order valence-corrected chi connectivity index (χ0v) is 13.5. The van der Waals surface area contributed by atoms with Crippen molar-refractivity contribution >= 4 is 17.5 Å². The molecule has 0 saturated carbocycles. The second-order valence-electron chi connectivity index (χ2n) is 5.62. The van der Waals surface area contributed by atoms with Crippen LogP contribution in [-0.2, 0) is 16.0 Å². The van der Waals surface area contributed by atoms with Gasteiger partial charge in [0.2, 0.25) is 0 Å². The number of carbonyl (C=O) groups excluding carboxylic acids is 2. The molecule has 0 radical (unpaired) electrons. The van der Waals surface area contributed by atoms with E-state index in [0.29, 0.717) is 17.2 Å². The zero-order chi connectivity index (χ0) is 17.6. The van der Waals surface area contributed by atoms with E-state index in [0.717, 1.165) is 0 Å². The molecule has 0 saturated heterocycles. The predicted molar refractivity (Wildman–Crippen MR) is 87.7 cm³/mol. The van der Waals surface area contributed by atoms with E-state index < -0.39 is 17.4 Å². The van der Waals surface area contributed by atoms with Crippen LogP contribution < -0.4 is 15.4 Å². The lowest BCUT2D eigenvalue weighted by Gasteiger charge is -2.22. The lowest BCUT2D eigenvalue weighted by atomic mass is 10.0. The van der Waals surface area contributed by atoms with E-state index in [9.17, 15) is 14.7 Å². The van der Waals surface area contributed by atoms with Crippen LogP contribution in [0.2, 0.25) is 0 Å². The summed E-state index contributed by atoms with van der Waals surface area (Å²) in [5, 5.41) is 15.1. The average molecular weight is 332 g/mol. The van der Waals surface area contributed by atoms with Gasteiger partial charge >= 0.3 is 11.8 Å². The van der Waals surface area contributed by atoms with Crippen LogP contribution in [0.5, 0.6) is 5.75 Å². The molecule has 1 atom stereocenters. The number of aliphatic hydroxyl groups is 1. The van der Waals surface area contributed by atoms with Crippen molar-refractivity contribution in [2.45, 2.75) is 18.9 Å². The van der Waals surface area contributed by atoms with Crippen LogP contribution in [0.25, 0.3) is 0 Å². The molecule has 7 heteroatoms. The number of ether oxygens (including phenoxy) is 1. The molecule has 0 aliphatic rings. The molecule has 0 spiro atoms. The molecule has 1 aromatic carbocycles. The van der Waals surface area contributed by atoms with Gasteiger partial charge < -0.3 is 24.9 Å². The molecule has 0 fully saturated rings. The number of carbonyl (C=O) groups is 2. The van der Waals surface area contributed by atoms with Gasteiger partial charge in [-0.25, -0.2) is 0 Å². The van der Waals surface area contributed by atoms with Crippen LogP contribution >= 0.6 is 0 Å². The molecule has 0 aliphatic heterocycles. The fourth-order valence-corrected chi connectivity index (χ4v) is 2.06. The molecule has 2 rings (SSSR count). The fraction of sp³-hybridized carbons (Fsp3) is 0.294. The second-order valence-corrected chi connectivity index (χ2v) is 5.62. The monoisotopic (exact) mass is 332 g/mol. The summed E-state index contributed by atoms with van der Waals surface area (Å²) in [5.74, 6) is -0.400. The second kappa shape index (κ2) is 7.65. The normalized spacial score (nSPS) is 13.0. The molecule has 3 N–H and O–H groups in total. The van der Waals surface area contributed by atoms with Gasteiger partial charge in [-0.15, -0.1) is 0 Å². The number of hydrogen-bond donors (Lipinski definition) is 3. The number of hydrogen-bond acceptors (Lipinski definition) is 5. The minimum absolute atomic E-state index is 0.0808. The summed E-state index contributed by atoms with van der Waals surface area (Å²) < 4.78 is 10.2. The van der Waals surface area contributed by atoms with Gasteiger partial charge in [-0.05, 0) is 43.3 Å². The molecule has 2 aromatic rings. The van der Waals surface area contributed by atoms with Crippen molar-refractivity contribution in [3.8, 4) is 5.75 Å². The third-order valence-corrected chi connectivity index (χ3v) is 3.32. The van der Waals surface area contributed by atoms with Crippen molar-refractivity contribution in [3.05, 3.63) is 48.4 Å². The van der Waals surface area contributed by atoms with Crippen molar-refractivity contribution in [2.24, 2.45) is 0 Å². The van der Waals surface area contributed by atoms with Crippen molar-refractivity contribution in [1.82, 2.24) is 5.32 Å². The fourth-order valence-electron chi connectivity index (χ4n) is 2.06. The maximum absolute atomic E-state index is 11.8. The van der Waals surface area contributed by atoms with Crippen molar-refractivity contribution in [1.29, 1.82) is 0 Å². The van der Waals surface area contributed by atoms with Crippen LogP contribution in [0.4, 0.5) is 5.69 Å². The molecule has 1 unspecified atom stereocenters. The smallest absolute Gasteiger partial charge is 0.313 e. The van der Waals surface area contributed by atoms with E-state index in [1.165, 1.54) is 13.4 Å². The van der Waals surface area contributed by atoms with Crippen molar-refractivity contribution in [3.63, 3.8) is 0 Å². The van der Waals surface area contributed by atoms with Crippen LogP contribution in [-0.4, -0.2) is 36.2 Å². The number of rotatable bonds is 6. The topological polar surface area (TPSA) is 101 Å². The molecule has 0 bridgehead atoms. The number of nitrogens with one attached hydrogen (secondary N) is 2. The SMILES string of the molecule is COc1ccc(NC(=O)C(=O)NCC(C)(O)Cc2ccco2)cc1. The van der Waals surface area contributed by atoms with Gasteiger partial charge in [-0.1, -0.05) is 0 Å². The molecular formula is C17H20N2O5. The van der Waals surface area contributed by atoms with Gasteiger partial charge in [-0.2, -0.15) is 0 Å². The molecular weight excluding hydrogens is 312 g/mol. The van der Waals surface area contributed by atoms with Crippen LogP contribution in [0.15, 0.2) is 47.1 Å². The van der Waals surface area contributed by atoms with E-state index in [-0.39, 0.29) is 13.0 Å². The van der Waals surface area contributed by atoms with Crippen LogP contribution in [0.1, 0.15) is 12.7 Å². The quantitative estimate of drug-likeness (QED) is 0.693. The maximum Gasteiger partial charge on any atom is 0.313 e. The van der Waals surface area contributed by atoms with E-state index in [4.69, 9.17) is 9.15 Å². The first-order valence-electron chi connectivity index (χ1n) is 7.37. The first kappa shape index (κ1) is 17.6. The molecule has 1 heterocycles. The van der Waals surface area contributed by atoms with Gasteiger partial charge in [0.25, 0.3) is 0 Å². The van der Waals surface area contributed by atoms with Gasteiger partial charge in [0.15, 0.2) is 0 Å². The third kappa shape index (κ3) is 5.13. The predicted octanol–water partition coefficient (Wildman–Crippen LogP) is 1.34. The Balaban J connectivity index is 1.83. The minimum Gasteiger partial charge on any atom is -0.497 e. The first-order valence-corrected chi connectivity index (χ1v) is 7.37. The lowest BCUT2D eigenvalue weighted by Crippen LogP contribution is -2.45. The largest absolute Gasteiger partial charge is 0.497 e. The van der Waals surface area contributed by atoms with Crippen LogP contribution in [0.3, 0.4) is 0 Å². The Kier molecular flexibility index (Phi) is 5.59. The Hall–Kier alpha value is -2.80. The van der Waals surface area contributed by atoms with Gasteiger partial charge in [0.1, 0.15) is 11.5 Å². The number of furan rings is 1. The lowest BCUT2D eigenvalue weighted by molar-refractivity contribution is -0.136. The Morgan fingerprint density at radius 2 is 1.92 bits per heavy atom. The Bertz CT molecular complexity index is 678. The molecule has 7 nitrogen and oxygen atoms in total. The summed E-state index contributed by atoms with van der Waals surface area (Å²) in [5.41, 5.74) is -0.758. The van der Waals surface area contributed by atoms with Gasteiger partial charge in [0.05, 0.1) is 19.0 Å². The molecule has 128 valence electrons. The number of amides is 2. The molecule has 0 aliphatic carbocycles. The summed E-state index contributed by atoms with van der Waals surface area (Å²) in [6, 6.07) is 10.0.